The minimum Gasteiger partial charge on any atom is -0.480 e. The highest BCUT2D eigenvalue weighted by atomic mass is 32.2. The fourth-order valence-corrected chi connectivity index (χ4v) is 3.48. The predicted octanol–water partition coefficient (Wildman–Crippen LogP) is -0.479. The summed E-state index contributed by atoms with van der Waals surface area (Å²) in [6, 6.07) is 3.60. The van der Waals surface area contributed by atoms with Crippen molar-refractivity contribution < 1.29 is 27.9 Å². The number of hydrogen-bond acceptors (Lipinski definition) is 5. The largest absolute Gasteiger partial charge is 0.480 e. The average molecular weight is 373 g/mol. The number of sulfonamides is 1. The zero-order valence-electron chi connectivity index (χ0n) is 14.5. The number of aryl methyl sites for hydroxylation is 1. The van der Waals surface area contributed by atoms with Crippen LogP contribution in [0.5, 0.6) is 0 Å². The Labute approximate surface area is 146 Å². The minimum absolute atomic E-state index is 0.110. The van der Waals surface area contributed by atoms with Crippen molar-refractivity contribution in [2.45, 2.75) is 13.0 Å². The Balaban J connectivity index is 2.08. The third-order valence-electron chi connectivity index (χ3n) is 4.21. The van der Waals surface area contributed by atoms with Gasteiger partial charge in [-0.3, -0.25) is 9.59 Å². The molecule has 0 spiro atoms. The molecule has 1 N–H and O–H groups in total. The van der Waals surface area contributed by atoms with Crippen molar-refractivity contribution in [2.24, 2.45) is 7.05 Å². The second kappa shape index (κ2) is 7.54. The van der Waals surface area contributed by atoms with Crippen LogP contribution in [0.15, 0.2) is 12.1 Å². The van der Waals surface area contributed by atoms with Gasteiger partial charge in [-0.25, -0.2) is 8.42 Å². The molecule has 1 amide bonds. The van der Waals surface area contributed by atoms with Gasteiger partial charge in [0.1, 0.15) is 12.2 Å². The maximum absolute atomic E-state index is 12.7. The third kappa shape index (κ3) is 4.80. The fraction of sp³-hybridized carbons (Fsp3) is 0.600. The molecule has 1 aromatic rings. The van der Waals surface area contributed by atoms with E-state index in [1.807, 2.05) is 13.0 Å². The number of rotatable bonds is 6. The molecular formula is C15H23N3O6S. The van der Waals surface area contributed by atoms with E-state index in [1.54, 1.807) is 22.6 Å². The zero-order valence-corrected chi connectivity index (χ0v) is 15.3. The molecule has 1 aliphatic rings. The van der Waals surface area contributed by atoms with Crippen LogP contribution in [0.2, 0.25) is 0 Å². The number of nitrogens with zero attached hydrogens (tertiary/aromatic N) is 3. The van der Waals surface area contributed by atoms with E-state index in [1.165, 1.54) is 0 Å². The number of ether oxygens (including phenoxy) is 1. The summed E-state index contributed by atoms with van der Waals surface area (Å²) >= 11 is 0. The molecule has 1 unspecified atom stereocenters. The molecule has 2 rings (SSSR count). The van der Waals surface area contributed by atoms with Gasteiger partial charge < -0.3 is 19.3 Å². The standard InChI is InChI=1S/C15H23N3O6S/c1-11-4-5-13(16(11)2)15(21)17-6-7-24-12(8-17)9-18(10-14(19)20)25(3,22)23/h4-5,12H,6-10H2,1-3H3,(H,19,20). The van der Waals surface area contributed by atoms with Crippen LogP contribution in [-0.4, -0.2) is 84.3 Å². The number of hydrogen-bond donors (Lipinski definition) is 1. The topological polar surface area (TPSA) is 109 Å². The van der Waals surface area contributed by atoms with E-state index in [9.17, 15) is 18.0 Å². The lowest BCUT2D eigenvalue weighted by Gasteiger charge is -2.34. The summed E-state index contributed by atoms with van der Waals surface area (Å²) in [5, 5.41) is 8.88. The van der Waals surface area contributed by atoms with Gasteiger partial charge in [-0.05, 0) is 19.1 Å². The highest BCUT2D eigenvalue weighted by Gasteiger charge is 2.30. The van der Waals surface area contributed by atoms with Gasteiger partial charge in [-0.15, -0.1) is 0 Å². The monoisotopic (exact) mass is 373 g/mol. The van der Waals surface area contributed by atoms with Gasteiger partial charge in [-0.2, -0.15) is 4.31 Å². The molecular weight excluding hydrogens is 350 g/mol. The normalized spacial score (nSPS) is 18.6. The van der Waals surface area contributed by atoms with Gasteiger partial charge in [0.05, 0.1) is 19.0 Å². The van der Waals surface area contributed by atoms with Crippen LogP contribution in [0, 0.1) is 6.92 Å². The van der Waals surface area contributed by atoms with E-state index in [0.29, 0.717) is 12.2 Å². The van der Waals surface area contributed by atoms with E-state index in [0.717, 1.165) is 16.3 Å². The van der Waals surface area contributed by atoms with Gasteiger partial charge in [0.15, 0.2) is 0 Å². The maximum atomic E-state index is 12.7. The molecule has 0 radical (unpaired) electrons. The lowest BCUT2D eigenvalue weighted by atomic mass is 10.2. The summed E-state index contributed by atoms with van der Waals surface area (Å²) in [6.45, 7) is 2.02. The summed E-state index contributed by atoms with van der Waals surface area (Å²) in [6.07, 6.45) is 0.377. The number of carboxylic acid groups (broad SMARTS) is 1. The Bertz CT molecular complexity index is 757. The van der Waals surface area contributed by atoms with Gasteiger partial charge in [-0.1, -0.05) is 0 Å². The lowest BCUT2D eigenvalue weighted by molar-refractivity contribution is -0.137. The summed E-state index contributed by atoms with van der Waals surface area (Å²) < 4.78 is 31.7. The lowest BCUT2D eigenvalue weighted by Crippen LogP contribution is -2.51. The molecule has 9 nitrogen and oxygen atoms in total. The molecule has 140 valence electrons. The molecule has 25 heavy (non-hydrogen) atoms. The van der Waals surface area contributed by atoms with Gasteiger partial charge in [0.25, 0.3) is 5.91 Å². The van der Waals surface area contributed by atoms with Crippen molar-refractivity contribution >= 4 is 21.9 Å². The molecule has 1 atom stereocenters. The molecule has 1 fully saturated rings. The molecule has 0 bridgehead atoms. The van der Waals surface area contributed by atoms with E-state index < -0.39 is 28.6 Å². The number of carbonyl (C=O) groups is 2. The molecule has 2 heterocycles. The summed E-state index contributed by atoms with van der Waals surface area (Å²) in [4.78, 5) is 25.1. The third-order valence-corrected chi connectivity index (χ3v) is 5.42. The Hall–Kier alpha value is -1.91. The number of carboxylic acids is 1. The number of amides is 1. The van der Waals surface area contributed by atoms with Crippen LogP contribution < -0.4 is 0 Å². The van der Waals surface area contributed by atoms with Crippen LogP contribution in [0.1, 0.15) is 16.2 Å². The highest BCUT2D eigenvalue weighted by Crippen LogP contribution is 2.14. The Morgan fingerprint density at radius 3 is 2.60 bits per heavy atom. The number of aromatic nitrogens is 1. The van der Waals surface area contributed by atoms with Crippen LogP contribution >= 0.6 is 0 Å². The first-order valence-electron chi connectivity index (χ1n) is 7.79. The maximum Gasteiger partial charge on any atom is 0.318 e. The molecule has 10 heteroatoms. The van der Waals surface area contributed by atoms with Gasteiger partial charge in [0, 0.05) is 32.4 Å². The Morgan fingerprint density at radius 1 is 1.40 bits per heavy atom. The van der Waals surface area contributed by atoms with Crippen molar-refractivity contribution in [1.82, 2.24) is 13.8 Å². The molecule has 0 aromatic carbocycles. The van der Waals surface area contributed by atoms with Gasteiger partial charge in [0.2, 0.25) is 10.0 Å². The minimum atomic E-state index is -3.69. The predicted molar refractivity (Wildman–Crippen MR) is 89.8 cm³/mol. The molecule has 1 aromatic heterocycles. The first kappa shape index (κ1) is 19.4. The summed E-state index contributed by atoms with van der Waals surface area (Å²) in [7, 11) is -1.88. The van der Waals surface area contributed by atoms with Crippen molar-refractivity contribution in [1.29, 1.82) is 0 Å². The second-order valence-electron chi connectivity index (χ2n) is 6.11. The summed E-state index contributed by atoms with van der Waals surface area (Å²) in [5.74, 6) is -1.40. The Kier molecular flexibility index (Phi) is 5.86. The van der Waals surface area contributed by atoms with Crippen LogP contribution in [-0.2, 0) is 26.6 Å². The zero-order chi connectivity index (χ0) is 18.8. The first-order chi connectivity index (χ1) is 11.6. The van der Waals surface area contributed by atoms with Gasteiger partial charge >= 0.3 is 5.97 Å². The first-order valence-corrected chi connectivity index (χ1v) is 9.64. The Morgan fingerprint density at radius 2 is 2.08 bits per heavy atom. The SMILES string of the molecule is Cc1ccc(C(=O)N2CCOC(CN(CC(=O)O)S(C)(=O)=O)C2)n1C. The number of aliphatic carboxylic acids is 1. The molecule has 0 saturated carbocycles. The summed E-state index contributed by atoms with van der Waals surface area (Å²) in [5.41, 5.74) is 1.50. The van der Waals surface area contributed by atoms with Crippen molar-refractivity contribution in [3.63, 3.8) is 0 Å². The molecule has 1 aliphatic heterocycles. The number of carbonyl (C=O) groups excluding carboxylic acids is 1. The van der Waals surface area contributed by atoms with Crippen molar-refractivity contribution in [2.75, 3.05) is 39.0 Å². The van der Waals surface area contributed by atoms with Crippen LogP contribution in [0.25, 0.3) is 0 Å². The van der Waals surface area contributed by atoms with E-state index in [-0.39, 0.29) is 25.6 Å². The number of morpholine rings is 1. The quantitative estimate of drug-likeness (QED) is 0.721. The van der Waals surface area contributed by atoms with Crippen LogP contribution in [0.4, 0.5) is 0 Å². The van der Waals surface area contributed by atoms with E-state index in [2.05, 4.69) is 0 Å². The van der Waals surface area contributed by atoms with E-state index >= 15 is 0 Å². The fourth-order valence-electron chi connectivity index (χ4n) is 2.70. The van der Waals surface area contributed by atoms with E-state index in [4.69, 9.17) is 9.84 Å². The van der Waals surface area contributed by atoms with Crippen molar-refractivity contribution in [3.8, 4) is 0 Å². The van der Waals surface area contributed by atoms with Crippen LogP contribution in [0.3, 0.4) is 0 Å². The second-order valence-corrected chi connectivity index (χ2v) is 8.09. The highest BCUT2D eigenvalue weighted by molar-refractivity contribution is 7.88. The van der Waals surface area contributed by atoms with Crippen molar-refractivity contribution in [3.05, 3.63) is 23.5 Å². The average Bonchev–Trinajstić information content (AvgIpc) is 2.84. The molecule has 0 aliphatic carbocycles. The smallest absolute Gasteiger partial charge is 0.318 e. The molecule has 1 saturated heterocycles.